The van der Waals surface area contributed by atoms with Crippen molar-refractivity contribution < 1.29 is 10.2 Å². The zero-order valence-corrected chi connectivity index (χ0v) is 17.2. The molecule has 1 aliphatic carbocycles. The number of aliphatic hydroxyl groups excluding tert-OH is 1. The van der Waals surface area contributed by atoms with Crippen LogP contribution in [0.2, 0.25) is 0 Å². The van der Waals surface area contributed by atoms with E-state index in [9.17, 15) is 10.2 Å². The van der Waals surface area contributed by atoms with Crippen LogP contribution in [0.15, 0.2) is 35.6 Å². The summed E-state index contributed by atoms with van der Waals surface area (Å²) in [5.74, 6) is 1.30. The van der Waals surface area contributed by atoms with Gasteiger partial charge in [-0.05, 0) is 65.7 Å². The predicted molar refractivity (Wildman–Crippen MR) is 111 cm³/mol. The first-order valence-electron chi connectivity index (χ1n) is 10.3. The molecule has 2 heteroatoms. The van der Waals surface area contributed by atoms with E-state index in [1.807, 2.05) is 18.2 Å². The van der Waals surface area contributed by atoms with Crippen LogP contribution in [0.1, 0.15) is 84.3 Å². The van der Waals surface area contributed by atoms with E-state index >= 15 is 0 Å². The van der Waals surface area contributed by atoms with Crippen molar-refractivity contribution in [1.29, 1.82) is 0 Å². The summed E-state index contributed by atoms with van der Waals surface area (Å²) >= 11 is 0. The molecule has 0 saturated carbocycles. The number of rotatable bonds is 8. The van der Waals surface area contributed by atoms with Gasteiger partial charge < -0.3 is 10.2 Å². The van der Waals surface area contributed by atoms with Crippen LogP contribution in [-0.4, -0.2) is 10.2 Å². The highest BCUT2D eigenvalue weighted by Gasteiger charge is 2.42. The second-order valence-corrected chi connectivity index (χ2v) is 8.11. The Morgan fingerprint density at radius 3 is 2.27 bits per heavy atom. The molecule has 0 aliphatic heterocycles. The van der Waals surface area contributed by atoms with Crippen LogP contribution >= 0.6 is 0 Å². The Morgan fingerprint density at radius 1 is 1.00 bits per heavy atom. The van der Waals surface area contributed by atoms with Crippen LogP contribution in [0, 0.1) is 11.3 Å². The van der Waals surface area contributed by atoms with E-state index in [4.69, 9.17) is 0 Å². The van der Waals surface area contributed by atoms with Crippen molar-refractivity contribution in [3.05, 3.63) is 46.7 Å². The number of aromatic hydroxyl groups is 1. The van der Waals surface area contributed by atoms with Gasteiger partial charge in [0.05, 0.1) is 5.76 Å². The molecule has 26 heavy (non-hydrogen) atoms. The lowest BCUT2D eigenvalue weighted by atomic mass is 9.60. The van der Waals surface area contributed by atoms with Crippen molar-refractivity contribution in [3.8, 4) is 5.75 Å². The number of aryl methyl sites for hydroxylation is 1. The first-order valence-corrected chi connectivity index (χ1v) is 10.3. The number of allylic oxidation sites excluding steroid dienone is 4. The van der Waals surface area contributed by atoms with Crippen molar-refractivity contribution >= 4 is 5.57 Å². The molecule has 0 saturated heterocycles. The van der Waals surface area contributed by atoms with Gasteiger partial charge in [-0.1, -0.05) is 59.9 Å². The Labute approximate surface area is 159 Å². The molecule has 0 fully saturated rings. The topological polar surface area (TPSA) is 40.5 Å². The van der Waals surface area contributed by atoms with Crippen molar-refractivity contribution in [2.45, 2.75) is 79.6 Å². The molecule has 1 aromatic carbocycles. The van der Waals surface area contributed by atoms with Gasteiger partial charge in [-0.15, -0.1) is 0 Å². The molecule has 1 atom stereocenters. The third-order valence-corrected chi connectivity index (χ3v) is 5.85. The van der Waals surface area contributed by atoms with Gasteiger partial charge in [-0.25, -0.2) is 0 Å². The predicted octanol–water partition coefficient (Wildman–Crippen LogP) is 7.19. The molecular formula is C24H36O2. The summed E-state index contributed by atoms with van der Waals surface area (Å²) < 4.78 is 0. The summed E-state index contributed by atoms with van der Waals surface area (Å²) in [6.45, 7) is 11.2. The molecule has 0 spiro atoms. The molecule has 0 amide bonds. The fourth-order valence-electron chi connectivity index (χ4n) is 4.70. The number of benzene rings is 1. The normalized spacial score (nSPS) is 20.6. The molecule has 0 aromatic heterocycles. The minimum absolute atomic E-state index is 0.0441. The van der Waals surface area contributed by atoms with E-state index in [2.05, 4.69) is 40.7 Å². The van der Waals surface area contributed by atoms with Gasteiger partial charge in [-0.2, -0.15) is 0 Å². The smallest absolute Gasteiger partial charge is 0.115 e. The van der Waals surface area contributed by atoms with Crippen molar-refractivity contribution in [2.75, 3.05) is 0 Å². The van der Waals surface area contributed by atoms with Crippen LogP contribution in [0.25, 0.3) is 5.57 Å². The van der Waals surface area contributed by atoms with Crippen LogP contribution in [0.4, 0.5) is 0 Å². The van der Waals surface area contributed by atoms with E-state index in [1.165, 1.54) is 22.3 Å². The van der Waals surface area contributed by atoms with Gasteiger partial charge in [0, 0.05) is 11.8 Å². The van der Waals surface area contributed by atoms with Crippen molar-refractivity contribution in [3.63, 3.8) is 0 Å². The van der Waals surface area contributed by atoms with Crippen molar-refractivity contribution in [1.82, 2.24) is 0 Å². The first-order chi connectivity index (χ1) is 12.4. The summed E-state index contributed by atoms with van der Waals surface area (Å²) in [7, 11) is 0. The Balaban J connectivity index is 2.80. The number of phenolic OH excluding ortho intramolecular Hbond substituents is 1. The highest BCUT2D eigenvalue weighted by molar-refractivity contribution is 5.79. The van der Waals surface area contributed by atoms with E-state index in [1.54, 1.807) is 0 Å². The maximum atomic E-state index is 10.6. The minimum atomic E-state index is -0.0441. The number of aliphatic hydroxyl groups is 1. The molecule has 2 N–H and O–H groups in total. The standard InChI is InChI=1S/C24H36O2/c1-6-9-18-14-20(25)11-12-22(18)23-19(10-7-2)15-21(26)16-24(23,13-8-3)17(4)5/h11-12,14-15,17,25-26H,6-10,13,16H2,1-5H3. The van der Waals surface area contributed by atoms with Gasteiger partial charge in [-0.3, -0.25) is 0 Å². The lowest BCUT2D eigenvalue weighted by molar-refractivity contribution is 0.211. The summed E-state index contributed by atoms with van der Waals surface area (Å²) in [5, 5.41) is 20.6. The highest BCUT2D eigenvalue weighted by atomic mass is 16.3. The number of hydrogen-bond acceptors (Lipinski definition) is 2. The van der Waals surface area contributed by atoms with Gasteiger partial charge in [0.15, 0.2) is 0 Å². The molecule has 1 aromatic rings. The molecule has 1 aliphatic rings. The molecule has 0 heterocycles. The highest BCUT2D eigenvalue weighted by Crippen LogP contribution is 2.54. The quantitative estimate of drug-likeness (QED) is 0.517. The fourth-order valence-corrected chi connectivity index (χ4v) is 4.70. The Hall–Kier alpha value is -1.70. The Kier molecular flexibility index (Phi) is 6.97. The average Bonchev–Trinajstić information content (AvgIpc) is 2.56. The van der Waals surface area contributed by atoms with Gasteiger partial charge in [0.25, 0.3) is 0 Å². The monoisotopic (exact) mass is 356 g/mol. The average molecular weight is 357 g/mol. The molecule has 0 radical (unpaired) electrons. The molecule has 144 valence electrons. The molecular weight excluding hydrogens is 320 g/mol. The van der Waals surface area contributed by atoms with E-state index in [-0.39, 0.29) is 5.41 Å². The molecule has 0 bridgehead atoms. The van der Waals surface area contributed by atoms with E-state index in [0.29, 0.717) is 23.8 Å². The second kappa shape index (κ2) is 8.79. The van der Waals surface area contributed by atoms with Gasteiger partial charge >= 0.3 is 0 Å². The van der Waals surface area contributed by atoms with Crippen LogP contribution < -0.4 is 0 Å². The van der Waals surface area contributed by atoms with E-state index < -0.39 is 0 Å². The Morgan fingerprint density at radius 2 is 1.69 bits per heavy atom. The maximum absolute atomic E-state index is 10.6. The second-order valence-electron chi connectivity index (χ2n) is 8.11. The molecule has 1 unspecified atom stereocenters. The lowest BCUT2D eigenvalue weighted by Gasteiger charge is -2.44. The van der Waals surface area contributed by atoms with Crippen LogP contribution in [-0.2, 0) is 6.42 Å². The third-order valence-electron chi connectivity index (χ3n) is 5.85. The van der Waals surface area contributed by atoms with Crippen LogP contribution in [0.3, 0.4) is 0 Å². The SMILES string of the molecule is CCCC1=C(c2ccc(O)cc2CCC)C(CCC)(C(C)C)CC(O)=C1. The van der Waals surface area contributed by atoms with Crippen molar-refractivity contribution in [2.24, 2.45) is 11.3 Å². The molecule has 2 nitrogen and oxygen atoms in total. The Bertz CT molecular complexity index is 681. The number of phenols is 1. The first kappa shape index (κ1) is 20.6. The summed E-state index contributed by atoms with van der Waals surface area (Å²) in [6, 6.07) is 5.86. The summed E-state index contributed by atoms with van der Waals surface area (Å²) in [4.78, 5) is 0. The van der Waals surface area contributed by atoms with Gasteiger partial charge in [0.1, 0.15) is 5.75 Å². The molecule has 2 rings (SSSR count). The summed E-state index contributed by atoms with van der Waals surface area (Å²) in [5.41, 5.74) is 5.15. The third kappa shape index (κ3) is 4.00. The van der Waals surface area contributed by atoms with Gasteiger partial charge in [0.2, 0.25) is 0 Å². The zero-order chi connectivity index (χ0) is 19.3. The zero-order valence-electron chi connectivity index (χ0n) is 17.2. The summed E-state index contributed by atoms with van der Waals surface area (Å²) in [6.07, 6.45) is 8.94. The van der Waals surface area contributed by atoms with E-state index in [0.717, 1.165) is 38.5 Å². The van der Waals surface area contributed by atoms with Crippen LogP contribution in [0.5, 0.6) is 5.75 Å². The lowest BCUT2D eigenvalue weighted by Crippen LogP contribution is -2.33. The fraction of sp³-hybridized carbons (Fsp3) is 0.583. The maximum Gasteiger partial charge on any atom is 0.115 e. The largest absolute Gasteiger partial charge is 0.512 e. The minimum Gasteiger partial charge on any atom is -0.512 e. The number of hydrogen-bond donors (Lipinski definition) is 2.